The van der Waals surface area contributed by atoms with E-state index in [0.29, 0.717) is 11.3 Å². The molecular weight excluding hydrogens is 190 g/mol. The van der Waals surface area contributed by atoms with E-state index in [1.54, 1.807) is 20.1 Å². The summed E-state index contributed by atoms with van der Waals surface area (Å²) in [7, 11) is 1.55. The molecule has 0 fully saturated rings. The molecule has 1 rings (SSSR count). The molecule has 15 heavy (non-hydrogen) atoms. The lowest BCUT2D eigenvalue weighted by Crippen LogP contribution is -1.99. The summed E-state index contributed by atoms with van der Waals surface area (Å²) in [6, 6.07) is 3.97. The quantitative estimate of drug-likeness (QED) is 0.807. The molecule has 1 aromatic carbocycles. The van der Waals surface area contributed by atoms with Crippen molar-refractivity contribution in [1.29, 1.82) is 5.26 Å². The molecule has 0 aliphatic carbocycles. The summed E-state index contributed by atoms with van der Waals surface area (Å²) in [5, 5.41) is 18.6. The Morgan fingerprint density at radius 2 is 2.07 bits per heavy atom. The van der Waals surface area contributed by atoms with Gasteiger partial charge in [-0.3, -0.25) is 0 Å². The molecule has 80 valence electrons. The normalized spacial score (nSPS) is 11.9. The molecule has 3 heteroatoms. The third-order valence-corrected chi connectivity index (χ3v) is 2.57. The summed E-state index contributed by atoms with van der Waals surface area (Å²) in [6.07, 6.45) is 0. The van der Waals surface area contributed by atoms with E-state index in [9.17, 15) is 5.11 Å². The minimum Gasteiger partial charge on any atom is -0.507 e. The molecule has 1 N–H and O–H groups in total. The Morgan fingerprint density at radius 3 is 2.53 bits per heavy atom. The van der Waals surface area contributed by atoms with Gasteiger partial charge in [-0.25, -0.2) is 0 Å². The summed E-state index contributed by atoms with van der Waals surface area (Å²) in [6.45, 7) is 5.41. The van der Waals surface area contributed by atoms with Crippen LogP contribution in [0.5, 0.6) is 11.5 Å². The van der Waals surface area contributed by atoms with E-state index in [2.05, 4.69) is 6.07 Å². The van der Waals surface area contributed by atoms with Crippen molar-refractivity contribution in [1.82, 2.24) is 0 Å². The molecule has 0 heterocycles. The first-order valence-corrected chi connectivity index (χ1v) is 4.79. The number of benzene rings is 1. The van der Waals surface area contributed by atoms with E-state index in [0.717, 1.165) is 11.1 Å². The van der Waals surface area contributed by atoms with E-state index < -0.39 is 0 Å². The molecule has 0 spiro atoms. The van der Waals surface area contributed by atoms with Gasteiger partial charge in [-0.1, -0.05) is 0 Å². The minimum atomic E-state index is -0.238. The highest BCUT2D eigenvalue weighted by atomic mass is 16.5. The molecule has 0 amide bonds. The molecule has 0 aromatic heterocycles. The Balaban J connectivity index is 3.46. The number of ether oxygens (including phenoxy) is 1. The first kappa shape index (κ1) is 11.4. The van der Waals surface area contributed by atoms with Crippen molar-refractivity contribution in [3.63, 3.8) is 0 Å². The van der Waals surface area contributed by atoms with Crippen LogP contribution in [-0.4, -0.2) is 12.2 Å². The van der Waals surface area contributed by atoms with Crippen molar-refractivity contribution >= 4 is 0 Å². The molecule has 1 atom stereocenters. The number of phenols is 1. The van der Waals surface area contributed by atoms with Crippen LogP contribution in [0.1, 0.15) is 29.5 Å². The van der Waals surface area contributed by atoms with Gasteiger partial charge >= 0.3 is 0 Å². The van der Waals surface area contributed by atoms with E-state index in [-0.39, 0.29) is 11.7 Å². The van der Waals surface area contributed by atoms with E-state index in [1.165, 1.54) is 0 Å². The Bertz CT molecular complexity index is 419. The average molecular weight is 205 g/mol. The fraction of sp³-hybridized carbons (Fsp3) is 0.417. The molecule has 0 saturated heterocycles. The molecular formula is C12H15NO2. The molecule has 1 unspecified atom stereocenters. The summed E-state index contributed by atoms with van der Waals surface area (Å²) in [5.41, 5.74) is 2.29. The van der Waals surface area contributed by atoms with Crippen LogP contribution in [0.25, 0.3) is 0 Å². The minimum absolute atomic E-state index is 0.237. The highest BCUT2D eigenvalue weighted by molar-refractivity contribution is 5.54. The standard InChI is InChI=1S/C12H15NO2/c1-7-5-10(8(2)6-13)12(15-4)9(3)11(7)14/h5,8,14H,1-4H3. The zero-order chi connectivity index (χ0) is 11.6. The van der Waals surface area contributed by atoms with Crippen LogP contribution in [-0.2, 0) is 0 Å². The van der Waals surface area contributed by atoms with Gasteiger partial charge < -0.3 is 9.84 Å². The van der Waals surface area contributed by atoms with Crippen molar-refractivity contribution in [2.45, 2.75) is 26.7 Å². The second-order valence-electron chi connectivity index (χ2n) is 3.64. The van der Waals surface area contributed by atoms with Gasteiger partial charge in [-0.15, -0.1) is 0 Å². The lowest BCUT2D eigenvalue weighted by Gasteiger charge is -2.15. The van der Waals surface area contributed by atoms with Crippen molar-refractivity contribution in [3.8, 4) is 17.6 Å². The maximum atomic E-state index is 9.73. The summed E-state index contributed by atoms with van der Waals surface area (Å²) in [5.74, 6) is 0.603. The summed E-state index contributed by atoms with van der Waals surface area (Å²) >= 11 is 0. The van der Waals surface area contributed by atoms with Crippen molar-refractivity contribution < 1.29 is 9.84 Å². The van der Waals surface area contributed by atoms with Crippen molar-refractivity contribution in [2.75, 3.05) is 7.11 Å². The smallest absolute Gasteiger partial charge is 0.129 e. The summed E-state index contributed by atoms with van der Waals surface area (Å²) in [4.78, 5) is 0. The fourth-order valence-electron chi connectivity index (χ4n) is 1.65. The lowest BCUT2D eigenvalue weighted by molar-refractivity contribution is 0.396. The van der Waals surface area contributed by atoms with Crippen LogP contribution in [0.2, 0.25) is 0 Å². The number of aromatic hydroxyl groups is 1. The topological polar surface area (TPSA) is 53.2 Å². The first-order chi connectivity index (χ1) is 7.02. The fourth-order valence-corrected chi connectivity index (χ4v) is 1.65. The van der Waals surface area contributed by atoms with Gasteiger partial charge in [0.25, 0.3) is 0 Å². The first-order valence-electron chi connectivity index (χ1n) is 4.79. The number of rotatable bonds is 2. The number of hydrogen-bond acceptors (Lipinski definition) is 3. The SMILES string of the molecule is COc1c(C(C)C#N)cc(C)c(O)c1C. The number of hydrogen-bond donors (Lipinski definition) is 1. The van der Waals surface area contributed by atoms with Crippen LogP contribution in [0.4, 0.5) is 0 Å². The Labute approximate surface area is 89.9 Å². The predicted molar refractivity (Wildman–Crippen MR) is 58.2 cm³/mol. The maximum absolute atomic E-state index is 9.73. The Hall–Kier alpha value is -1.69. The van der Waals surface area contributed by atoms with Crippen LogP contribution in [0, 0.1) is 25.2 Å². The molecule has 0 saturated carbocycles. The molecule has 3 nitrogen and oxygen atoms in total. The average Bonchev–Trinajstić information content (AvgIpc) is 2.24. The van der Waals surface area contributed by atoms with Gasteiger partial charge in [0.1, 0.15) is 11.5 Å². The van der Waals surface area contributed by atoms with E-state index in [1.807, 2.05) is 13.8 Å². The van der Waals surface area contributed by atoms with Crippen LogP contribution >= 0.6 is 0 Å². The van der Waals surface area contributed by atoms with Gasteiger partial charge in [0.15, 0.2) is 0 Å². The number of aryl methyl sites for hydroxylation is 1. The zero-order valence-electron chi connectivity index (χ0n) is 9.46. The molecule has 0 aliphatic rings. The van der Waals surface area contributed by atoms with Gasteiger partial charge in [-0.05, 0) is 32.4 Å². The van der Waals surface area contributed by atoms with Crippen LogP contribution in [0.3, 0.4) is 0 Å². The Kier molecular flexibility index (Phi) is 3.21. The van der Waals surface area contributed by atoms with E-state index in [4.69, 9.17) is 10.00 Å². The molecule has 1 aromatic rings. The third-order valence-electron chi connectivity index (χ3n) is 2.57. The van der Waals surface area contributed by atoms with Crippen LogP contribution in [0.15, 0.2) is 6.07 Å². The van der Waals surface area contributed by atoms with Gasteiger partial charge in [-0.2, -0.15) is 5.26 Å². The Morgan fingerprint density at radius 1 is 1.47 bits per heavy atom. The highest BCUT2D eigenvalue weighted by Gasteiger charge is 2.17. The maximum Gasteiger partial charge on any atom is 0.129 e. The number of phenolic OH excluding ortho intramolecular Hbond substituents is 1. The second kappa shape index (κ2) is 4.22. The van der Waals surface area contributed by atoms with E-state index >= 15 is 0 Å². The number of nitriles is 1. The lowest BCUT2D eigenvalue weighted by atomic mass is 9.96. The monoisotopic (exact) mass is 205 g/mol. The zero-order valence-corrected chi connectivity index (χ0v) is 9.46. The van der Waals surface area contributed by atoms with Gasteiger partial charge in [0, 0.05) is 11.1 Å². The predicted octanol–water partition coefficient (Wildman–Crippen LogP) is 2.64. The molecule has 0 bridgehead atoms. The highest BCUT2D eigenvalue weighted by Crippen LogP contribution is 2.37. The van der Waals surface area contributed by atoms with Crippen LogP contribution < -0.4 is 4.74 Å². The number of methoxy groups -OCH3 is 1. The van der Waals surface area contributed by atoms with Gasteiger partial charge in [0.05, 0.1) is 19.1 Å². The van der Waals surface area contributed by atoms with Crippen molar-refractivity contribution in [2.24, 2.45) is 0 Å². The van der Waals surface area contributed by atoms with Gasteiger partial charge in [0.2, 0.25) is 0 Å². The summed E-state index contributed by atoms with van der Waals surface area (Å²) < 4.78 is 5.22. The number of nitrogens with zero attached hydrogens (tertiary/aromatic N) is 1. The molecule has 0 radical (unpaired) electrons. The van der Waals surface area contributed by atoms with Crippen molar-refractivity contribution in [3.05, 3.63) is 22.8 Å². The second-order valence-corrected chi connectivity index (χ2v) is 3.64. The largest absolute Gasteiger partial charge is 0.507 e. The molecule has 0 aliphatic heterocycles. The third kappa shape index (κ3) is 1.89.